The second-order valence-corrected chi connectivity index (χ2v) is 4.27. The molecule has 0 unspecified atom stereocenters. The summed E-state index contributed by atoms with van der Waals surface area (Å²) in [6, 6.07) is 0.668. The van der Waals surface area contributed by atoms with Crippen LogP contribution in [0.5, 0.6) is 0 Å². The predicted molar refractivity (Wildman–Crippen MR) is 52.8 cm³/mol. The fourth-order valence-corrected chi connectivity index (χ4v) is 2.33. The molecule has 3 nitrogen and oxygen atoms in total. The van der Waals surface area contributed by atoms with Crippen molar-refractivity contribution >= 4 is 18.2 Å². The van der Waals surface area contributed by atoms with Crippen molar-refractivity contribution in [2.45, 2.75) is 38.1 Å². The van der Waals surface area contributed by atoms with Crippen molar-refractivity contribution in [3.63, 3.8) is 0 Å². The molecule has 68 valence electrons. The number of hydrazine groups is 1. The van der Waals surface area contributed by atoms with Crippen LogP contribution in [0.3, 0.4) is 0 Å². The molecule has 1 fully saturated rings. The van der Waals surface area contributed by atoms with E-state index in [0.29, 0.717) is 6.04 Å². The molecular weight excluding hydrogens is 170 g/mol. The molecule has 0 amide bonds. The third-order valence-corrected chi connectivity index (χ3v) is 3.10. The molecule has 0 aromatic rings. The van der Waals surface area contributed by atoms with Crippen molar-refractivity contribution in [1.82, 2.24) is 9.95 Å². The molecule has 1 N–H and O–H groups in total. The van der Waals surface area contributed by atoms with Crippen molar-refractivity contribution in [3.05, 3.63) is 0 Å². The first-order valence-electron chi connectivity index (χ1n) is 4.67. The van der Waals surface area contributed by atoms with E-state index in [1.165, 1.54) is 32.1 Å². The van der Waals surface area contributed by atoms with Gasteiger partial charge in [0.1, 0.15) is 0 Å². The van der Waals surface area contributed by atoms with E-state index in [2.05, 4.69) is 10.5 Å². The lowest BCUT2D eigenvalue weighted by Crippen LogP contribution is -2.37. The summed E-state index contributed by atoms with van der Waals surface area (Å²) in [5.41, 5.74) is 3.42. The second-order valence-electron chi connectivity index (χ2n) is 3.33. The minimum Gasteiger partial charge on any atom is -0.204 e. The molecule has 12 heavy (non-hydrogen) atoms. The van der Waals surface area contributed by atoms with E-state index in [-0.39, 0.29) is 0 Å². The minimum atomic E-state index is 0.668. The summed E-state index contributed by atoms with van der Waals surface area (Å²) >= 11 is 1.74. The maximum Gasteiger partial charge on any atom is 0.0539 e. The lowest BCUT2D eigenvalue weighted by molar-refractivity contribution is 0.259. The smallest absolute Gasteiger partial charge is 0.0539 e. The molecule has 4 heteroatoms. The average Bonchev–Trinajstić information content (AvgIpc) is 2.59. The molecule has 0 bridgehead atoms. The Morgan fingerprint density at radius 2 is 2.17 bits per heavy atom. The summed E-state index contributed by atoms with van der Waals surface area (Å²) in [5.74, 6) is 1.01. The molecule has 0 spiro atoms. The van der Waals surface area contributed by atoms with Gasteiger partial charge in [-0.15, -0.1) is 0 Å². The van der Waals surface area contributed by atoms with Crippen LogP contribution in [0.25, 0.3) is 0 Å². The van der Waals surface area contributed by atoms with E-state index in [0.717, 1.165) is 5.75 Å². The Bertz CT molecular complexity index is 166. The van der Waals surface area contributed by atoms with E-state index < -0.39 is 0 Å². The highest BCUT2D eigenvalue weighted by Crippen LogP contribution is 2.20. The quantitative estimate of drug-likeness (QED) is 0.664. The molecule has 0 aromatic carbocycles. The highest BCUT2D eigenvalue weighted by molar-refractivity contribution is 7.97. The van der Waals surface area contributed by atoms with Crippen LogP contribution in [0.2, 0.25) is 0 Å². The lowest BCUT2D eigenvalue weighted by Gasteiger charge is -2.26. The van der Waals surface area contributed by atoms with E-state index >= 15 is 0 Å². The minimum absolute atomic E-state index is 0.668. The van der Waals surface area contributed by atoms with Crippen molar-refractivity contribution < 1.29 is 0 Å². The van der Waals surface area contributed by atoms with Gasteiger partial charge in [-0.25, -0.2) is 5.43 Å². The van der Waals surface area contributed by atoms with Crippen LogP contribution in [-0.2, 0) is 0 Å². The molecule has 2 rings (SSSR count). The fourth-order valence-electron chi connectivity index (χ4n) is 1.70. The zero-order valence-electron chi connectivity index (χ0n) is 7.20. The topological polar surface area (TPSA) is 27.6 Å². The summed E-state index contributed by atoms with van der Waals surface area (Å²) in [7, 11) is 0. The summed E-state index contributed by atoms with van der Waals surface area (Å²) in [4.78, 5) is 0. The Morgan fingerprint density at radius 1 is 1.33 bits per heavy atom. The lowest BCUT2D eigenvalue weighted by atomic mass is 9.96. The monoisotopic (exact) mass is 185 g/mol. The van der Waals surface area contributed by atoms with Crippen LogP contribution in [0.15, 0.2) is 5.10 Å². The Hall–Kier alpha value is -0.220. The van der Waals surface area contributed by atoms with E-state index in [1.807, 2.05) is 10.7 Å². The number of nitrogens with zero attached hydrogens (tertiary/aromatic N) is 2. The molecule has 0 aromatic heterocycles. The van der Waals surface area contributed by atoms with E-state index in [9.17, 15) is 0 Å². The molecule has 2 aliphatic rings. The maximum atomic E-state index is 4.19. The average molecular weight is 185 g/mol. The molecule has 1 aliphatic heterocycles. The van der Waals surface area contributed by atoms with Gasteiger partial charge in [-0.1, -0.05) is 19.3 Å². The molecule has 1 aliphatic carbocycles. The van der Waals surface area contributed by atoms with Crippen molar-refractivity contribution in [2.24, 2.45) is 5.10 Å². The second kappa shape index (κ2) is 4.14. The van der Waals surface area contributed by atoms with Gasteiger partial charge < -0.3 is 0 Å². The van der Waals surface area contributed by atoms with Crippen molar-refractivity contribution in [1.29, 1.82) is 0 Å². The van der Waals surface area contributed by atoms with Gasteiger partial charge in [-0.3, -0.25) is 0 Å². The number of nitrogens with one attached hydrogen (secondary N) is 1. The van der Waals surface area contributed by atoms with Gasteiger partial charge >= 0.3 is 0 Å². The largest absolute Gasteiger partial charge is 0.204 e. The van der Waals surface area contributed by atoms with Crippen molar-refractivity contribution in [3.8, 4) is 0 Å². The third-order valence-electron chi connectivity index (χ3n) is 2.36. The van der Waals surface area contributed by atoms with Crippen LogP contribution in [-0.4, -0.2) is 22.5 Å². The molecule has 0 radical (unpaired) electrons. The summed E-state index contributed by atoms with van der Waals surface area (Å²) in [5, 5.41) is 4.19. The Morgan fingerprint density at radius 3 is 2.83 bits per heavy atom. The van der Waals surface area contributed by atoms with E-state index in [4.69, 9.17) is 0 Å². The third kappa shape index (κ3) is 2.14. The Kier molecular flexibility index (Phi) is 2.89. The summed E-state index contributed by atoms with van der Waals surface area (Å²) in [6.45, 7) is 0. The normalized spacial score (nSPS) is 25.2. The zero-order valence-corrected chi connectivity index (χ0v) is 8.02. The van der Waals surface area contributed by atoms with Crippen LogP contribution in [0.4, 0.5) is 0 Å². The number of hydrogen-bond acceptors (Lipinski definition) is 4. The van der Waals surface area contributed by atoms with Crippen LogP contribution in [0, 0.1) is 0 Å². The predicted octanol–water partition coefficient (Wildman–Crippen LogP) is 1.77. The van der Waals surface area contributed by atoms with Gasteiger partial charge in [0.2, 0.25) is 0 Å². The Balaban J connectivity index is 1.73. The molecular formula is C8H15N3S. The first-order valence-corrected chi connectivity index (χ1v) is 5.61. The van der Waals surface area contributed by atoms with Gasteiger partial charge in [0.15, 0.2) is 0 Å². The fraction of sp³-hybridized carbons (Fsp3) is 0.875. The molecule has 1 heterocycles. The summed E-state index contributed by atoms with van der Waals surface area (Å²) in [6.07, 6.45) is 8.73. The maximum absolute atomic E-state index is 4.19. The van der Waals surface area contributed by atoms with Crippen LogP contribution < -0.4 is 5.43 Å². The first kappa shape index (κ1) is 8.38. The number of rotatable bonds is 2. The van der Waals surface area contributed by atoms with Gasteiger partial charge in [0.25, 0.3) is 0 Å². The van der Waals surface area contributed by atoms with E-state index in [1.54, 1.807) is 11.9 Å². The summed E-state index contributed by atoms with van der Waals surface area (Å²) < 4.78 is 1.91. The molecule has 1 saturated carbocycles. The first-order chi connectivity index (χ1) is 5.95. The van der Waals surface area contributed by atoms with Gasteiger partial charge in [-0.05, 0) is 24.8 Å². The van der Waals surface area contributed by atoms with Gasteiger partial charge in [-0.2, -0.15) is 9.62 Å². The number of hydrazone groups is 1. The molecule has 0 saturated heterocycles. The van der Waals surface area contributed by atoms with Crippen LogP contribution >= 0.6 is 11.9 Å². The highest BCUT2D eigenvalue weighted by atomic mass is 32.2. The standard InChI is InChI=1S/C8H15N3S/c1-2-4-8(5-3-1)10-11-9-6-7-12-11/h6,8,10H,1-5,7H2. The number of hydrogen-bond donors (Lipinski definition) is 1. The van der Waals surface area contributed by atoms with Crippen LogP contribution in [0.1, 0.15) is 32.1 Å². The van der Waals surface area contributed by atoms with Gasteiger partial charge in [0.05, 0.1) is 5.75 Å². The SMILES string of the molecule is C1=NN(NC2CCCCC2)SC1. The zero-order chi connectivity index (χ0) is 8.23. The van der Waals surface area contributed by atoms with Gasteiger partial charge in [0, 0.05) is 12.3 Å². The molecule has 0 atom stereocenters. The van der Waals surface area contributed by atoms with Crippen molar-refractivity contribution in [2.75, 3.05) is 5.75 Å². The highest BCUT2D eigenvalue weighted by Gasteiger charge is 2.16. The Labute approximate surface area is 77.7 Å².